The molecule has 1 aromatic carbocycles. The van der Waals surface area contributed by atoms with Crippen molar-refractivity contribution in [2.75, 3.05) is 7.11 Å². The lowest BCUT2D eigenvalue weighted by atomic mass is 9.82. The number of carbonyl (C=O) groups is 1. The van der Waals surface area contributed by atoms with E-state index in [2.05, 4.69) is 4.74 Å². The molecule has 0 spiro atoms. The van der Waals surface area contributed by atoms with E-state index in [0.29, 0.717) is 0 Å². The van der Waals surface area contributed by atoms with Crippen LogP contribution in [0.5, 0.6) is 0 Å². The summed E-state index contributed by atoms with van der Waals surface area (Å²) in [5, 5.41) is -0.162. The second kappa shape index (κ2) is 3.20. The second-order valence-electron chi connectivity index (χ2n) is 3.46. The van der Waals surface area contributed by atoms with Gasteiger partial charge < -0.3 is 4.74 Å². The van der Waals surface area contributed by atoms with Crippen molar-refractivity contribution >= 4 is 17.6 Å². The van der Waals surface area contributed by atoms with Crippen molar-refractivity contribution < 1.29 is 9.53 Å². The maximum Gasteiger partial charge on any atom is 0.315 e. The summed E-state index contributed by atoms with van der Waals surface area (Å²) in [5.41, 5.74) is -2.56. The lowest BCUT2D eigenvalue weighted by Crippen LogP contribution is -2.46. The number of hydrogen-bond acceptors (Lipinski definition) is 4. The summed E-state index contributed by atoms with van der Waals surface area (Å²) in [5.74, 6) is -0.591. The van der Waals surface area contributed by atoms with Crippen molar-refractivity contribution in [2.45, 2.75) is 19.3 Å². The highest BCUT2D eigenvalue weighted by Crippen LogP contribution is 2.27. The van der Waals surface area contributed by atoms with Crippen molar-refractivity contribution in [3.63, 3.8) is 0 Å². The predicted octanol–water partition coefficient (Wildman–Crippen LogP) is 0.387. The van der Waals surface area contributed by atoms with Crippen LogP contribution in [0.25, 0.3) is 0 Å². The summed E-state index contributed by atoms with van der Waals surface area (Å²) in [4.78, 5) is 33.3. The number of ether oxygens (including phenoxy) is 1. The minimum Gasteiger partial charge on any atom is -0.468 e. The molecule has 0 saturated carbocycles. The molecule has 0 aliphatic heterocycles. The Morgan fingerprint density at radius 3 is 2.14 bits per heavy atom. The van der Waals surface area contributed by atoms with Crippen LogP contribution in [-0.4, -0.2) is 13.1 Å². The Kier molecular flexibility index (Phi) is 2.50. The number of rotatable bonds is 2. The average molecular weight is 217 g/mol. The van der Waals surface area contributed by atoms with E-state index in [4.69, 9.17) is 11.6 Å². The molecule has 4 nitrogen and oxygen atoms in total. The van der Waals surface area contributed by atoms with Crippen LogP contribution in [0.4, 0.5) is 0 Å². The zero-order chi connectivity index (χ0) is 11.1. The molecule has 0 heterocycles. The molecule has 0 aliphatic carbocycles. The number of carbonyl (C=O) groups excluding carboxylic acids is 1. The van der Waals surface area contributed by atoms with Gasteiger partial charge in [-0.25, -0.2) is 0 Å². The van der Waals surface area contributed by atoms with Gasteiger partial charge in [0.2, 0.25) is 10.9 Å². The molecule has 76 valence electrons. The van der Waals surface area contributed by atoms with Gasteiger partial charge in [-0.05, 0) is 13.8 Å². The molecular formula is C9H9ClO4. The Hall–Kier alpha value is -1.16. The van der Waals surface area contributed by atoms with Gasteiger partial charge >= 0.3 is 5.97 Å². The van der Waals surface area contributed by atoms with E-state index in [-0.39, 0.29) is 10.6 Å². The molecule has 0 aromatic heterocycles. The molecule has 0 bridgehead atoms. The summed E-state index contributed by atoms with van der Waals surface area (Å²) in [6, 6.07) is 0. The van der Waals surface area contributed by atoms with Gasteiger partial charge in [0, 0.05) is 5.56 Å². The van der Waals surface area contributed by atoms with Crippen molar-refractivity contribution in [1.82, 2.24) is 0 Å². The predicted molar refractivity (Wildman–Crippen MR) is 51.4 cm³/mol. The van der Waals surface area contributed by atoms with Crippen molar-refractivity contribution in [3.05, 3.63) is 31.0 Å². The third-order valence-electron chi connectivity index (χ3n) is 2.17. The molecule has 0 amide bonds. The topological polar surface area (TPSA) is 60.4 Å². The van der Waals surface area contributed by atoms with E-state index in [1.165, 1.54) is 21.0 Å². The first-order valence-electron chi connectivity index (χ1n) is 3.91. The second-order valence-corrected chi connectivity index (χ2v) is 3.84. The normalized spacial score (nSPS) is 11.7. The molecular weight excluding hydrogens is 208 g/mol. The van der Waals surface area contributed by atoms with Crippen LogP contribution < -0.4 is 10.9 Å². The van der Waals surface area contributed by atoms with Crippen molar-refractivity contribution in [3.8, 4) is 0 Å². The number of halogens is 1. The van der Waals surface area contributed by atoms with Crippen molar-refractivity contribution in [2.24, 2.45) is 0 Å². The molecule has 0 unspecified atom stereocenters. The van der Waals surface area contributed by atoms with Gasteiger partial charge in [-0.2, -0.15) is 0 Å². The van der Waals surface area contributed by atoms with Crippen LogP contribution in [0.15, 0.2) is 9.59 Å². The Labute approximate surface area is 85.1 Å². The average Bonchev–Trinajstić information content (AvgIpc) is 2.15. The van der Waals surface area contributed by atoms with Crippen LogP contribution >= 0.6 is 11.6 Å². The molecule has 0 radical (unpaired) electrons. The lowest BCUT2D eigenvalue weighted by Gasteiger charge is -2.23. The molecule has 0 N–H and O–H groups in total. The minimum absolute atomic E-state index is 0.0380. The smallest absolute Gasteiger partial charge is 0.315 e. The maximum absolute atomic E-state index is 11.3. The van der Waals surface area contributed by atoms with Crippen LogP contribution in [0.3, 0.4) is 0 Å². The molecule has 5 heteroatoms. The van der Waals surface area contributed by atoms with E-state index in [0.717, 1.165) is 0 Å². The third-order valence-corrected chi connectivity index (χ3v) is 2.53. The Balaban J connectivity index is 3.26. The highest BCUT2D eigenvalue weighted by atomic mass is 35.5. The van der Waals surface area contributed by atoms with Crippen LogP contribution in [0.1, 0.15) is 19.4 Å². The van der Waals surface area contributed by atoms with E-state index < -0.39 is 22.2 Å². The maximum atomic E-state index is 11.3. The minimum atomic E-state index is -1.16. The fraction of sp³-hybridized carbons (Fsp3) is 0.444. The summed E-state index contributed by atoms with van der Waals surface area (Å²) in [7, 11) is 1.21. The number of methoxy groups -OCH3 is 1. The zero-order valence-electron chi connectivity index (χ0n) is 8.01. The fourth-order valence-electron chi connectivity index (χ4n) is 1.28. The monoisotopic (exact) mass is 216 g/mol. The highest BCUT2D eigenvalue weighted by molar-refractivity contribution is 6.32. The molecule has 1 aromatic rings. The molecule has 0 fully saturated rings. The molecule has 14 heavy (non-hydrogen) atoms. The van der Waals surface area contributed by atoms with Gasteiger partial charge in [0.15, 0.2) is 0 Å². The number of hydrogen-bond donors (Lipinski definition) is 0. The standard InChI is InChI=1S/C9H9ClO4/c1-9(2,8(13)14-3)4-5(10)7(12)6(4)11/h1-3H3. The quantitative estimate of drug-likeness (QED) is 0.530. The van der Waals surface area contributed by atoms with Gasteiger partial charge in [0.05, 0.1) is 12.5 Å². The van der Waals surface area contributed by atoms with Gasteiger partial charge in [0.25, 0.3) is 0 Å². The molecule has 0 aliphatic rings. The lowest BCUT2D eigenvalue weighted by molar-refractivity contribution is -0.146. The van der Waals surface area contributed by atoms with Gasteiger partial charge in [-0.1, -0.05) is 11.6 Å². The zero-order valence-corrected chi connectivity index (χ0v) is 8.77. The van der Waals surface area contributed by atoms with E-state index >= 15 is 0 Å². The largest absolute Gasteiger partial charge is 0.468 e. The SMILES string of the molecule is COC(=O)C(C)(C)c1c(Cl)c(=O)c1=O. The Bertz CT molecular complexity index is 451. The summed E-state index contributed by atoms with van der Waals surface area (Å²) < 4.78 is 4.51. The highest BCUT2D eigenvalue weighted by Gasteiger charge is 2.39. The summed E-state index contributed by atoms with van der Waals surface area (Å²) >= 11 is 5.55. The number of esters is 1. The molecule has 0 atom stereocenters. The van der Waals surface area contributed by atoms with Crippen LogP contribution in [0.2, 0.25) is 5.02 Å². The molecule has 0 saturated heterocycles. The van der Waals surface area contributed by atoms with Gasteiger partial charge in [-0.15, -0.1) is 0 Å². The summed E-state index contributed by atoms with van der Waals surface area (Å²) in [6.45, 7) is 2.97. The van der Waals surface area contributed by atoms with Gasteiger partial charge in [-0.3, -0.25) is 14.4 Å². The first-order valence-corrected chi connectivity index (χ1v) is 4.29. The van der Waals surface area contributed by atoms with Crippen LogP contribution in [-0.2, 0) is 14.9 Å². The van der Waals surface area contributed by atoms with E-state index in [9.17, 15) is 14.4 Å². The van der Waals surface area contributed by atoms with Crippen LogP contribution in [0, 0.1) is 0 Å². The van der Waals surface area contributed by atoms with E-state index in [1.807, 2.05) is 0 Å². The molecule has 1 rings (SSSR count). The van der Waals surface area contributed by atoms with E-state index in [1.54, 1.807) is 0 Å². The third kappa shape index (κ3) is 1.26. The Morgan fingerprint density at radius 2 is 1.79 bits per heavy atom. The van der Waals surface area contributed by atoms with Gasteiger partial charge in [0.1, 0.15) is 5.02 Å². The first-order chi connectivity index (χ1) is 6.34. The first kappa shape index (κ1) is 10.9. The summed E-state index contributed by atoms with van der Waals surface area (Å²) in [6.07, 6.45) is 0. The van der Waals surface area contributed by atoms with Crippen molar-refractivity contribution in [1.29, 1.82) is 0 Å². The Morgan fingerprint density at radius 1 is 1.29 bits per heavy atom. The fourth-order valence-corrected chi connectivity index (χ4v) is 1.69.